The lowest BCUT2D eigenvalue weighted by Gasteiger charge is -2.11. The van der Waals surface area contributed by atoms with E-state index < -0.39 is 8.15 Å². The van der Waals surface area contributed by atoms with Crippen LogP contribution in [-0.4, -0.2) is 25.4 Å². The van der Waals surface area contributed by atoms with E-state index in [0.717, 1.165) is 0 Å². The summed E-state index contributed by atoms with van der Waals surface area (Å²) in [7, 11) is 1.08. The number of pyridine rings is 1. The van der Waals surface area contributed by atoms with Crippen LogP contribution in [-0.2, 0) is 0 Å². The van der Waals surface area contributed by atoms with Crippen molar-refractivity contribution in [2.75, 3.05) is 26.2 Å². The van der Waals surface area contributed by atoms with Gasteiger partial charge in [0.2, 0.25) is 5.88 Å². The molecule has 4 nitrogen and oxygen atoms in total. The highest BCUT2D eigenvalue weighted by atomic mass is 31.1. The molecule has 6 heteroatoms. The Morgan fingerprint density at radius 2 is 2.07 bits per heavy atom. The molecule has 0 aliphatic carbocycles. The highest BCUT2D eigenvalue weighted by Crippen LogP contribution is 2.34. The quantitative estimate of drug-likeness (QED) is 0.809. The third kappa shape index (κ3) is 3.65. The molecule has 1 aromatic rings. The van der Waals surface area contributed by atoms with Gasteiger partial charge in [0.25, 0.3) is 0 Å². The first kappa shape index (κ1) is 13.4. The number of aromatic nitrogens is 1. The third-order valence-electron chi connectivity index (χ3n) is 1.36. The number of nitrogens with two attached hydrogens (primary N) is 1. The van der Waals surface area contributed by atoms with E-state index in [1.165, 1.54) is 6.20 Å². The second-order valence-corrected chi connectivity index (χ2v) is 4.48. The van der Waals surface area contributed by atoms with Crippen LogP contribution < -0.4 is 15.0 Å². The van der Waals surface area contributed by atoms with Crippen molar-refractivity contribution in [2.24, 2.45) is 0 Å². The number of hydrogen-bond donors (Lipinski definition) is 1. The molecule has 1 heterocycles. The van der Waals surface area contributed by atoms with E-state index in [2.05, 4.69) is 4.98 Å². The Hall–Kier alpha value is -0.590. The summed E-state index contributed by atoms with van der Waals surface area (Å²) in [6.45, 7) is 4.00. The van der Waals surface area contributed by atoms with Crippen molar-refractivity contribution >= 4 is 23.7 Å². The smallest absolute Gasteiger partial charge is 0.216 e. The summed E-state index contributed by atoms with van der Waals surface area (Å²) < 4.78 is 10.5. The molecule has 1 atom stereocenters. The van der Waals surface area contributed by atoms with Crippen LogP contribution in [0, 0.1) is 0 Å². The Morgan fingerprint density at radius 3 is 2.57 bits per heavy atom. The monoisotopic (exact) mass is 234 g/mol. The lowest BCUT2D eigenvalue weighted by molar-refractivity contribution is 0.396. The summed E-state index contributed by atoms with van der Waals surface area (Å²) in [6.07, 6.45) is 1.53. The van der Waals surface area contributed by atoms with Crippen LogP contribution in [0.4, 0.5) is 5.69 Å². The number of anilines is 1. The van der Waals surface area contributed by atoms with E-state index >= 15 is 0 Å². The lowest BCUT2D eigenvalue weighted by atomic mass is 10.4. The summed E-state index contributed by atoms with van der Waals surface area (Å²) in [5, 5.41) is 0. The molecule has 0 spiro atoms. The molecule has 14 heavy (non-hydrogen) atoms. The van der Waals surface area contributed by atoms with Gasteiger partial charge in [-0.3, -0.25) is 0 Å². The Balaban J connectivity index is 0.00000169. The van der Waals surface area contributed by atoms with Gasteiger partial charge in [-0.1, -0.05) is 0 Å². The van der Waals surface area contributed by atoms with Crippen molar-refractivity contribution in [1.82, 2.24) is 4.98 Å². The van der Waals surface area contributed by atoms with Gasteiger partial charge in [0.05, 0.1) is 27.1 Å². The second-order valence-electron chi connectivity index (χ2n) is 2.67. The molecule has 0 bridgehead atoms. The normalized spacial score (nSPS) is 9.43. The standard InChI is InChI=1S/C8H13N2O2P.H3P/c1-11-8-4-7(12-13(2)3)6(9)5-10-8;/h4-5H,9H2,1-3H3;1H3. The summed E-state index contributed by atoms with van der Waals surface area (Å²) >= 11 is 0. The molecule has 0 fully saturated rings. The Kier molecular flexibility index (Phi) is 5.75. The maximum atomic E-state index is 5.66. The van der Waals surface area contributed by atoms with E-state index in [4.69, 9.17) is 15.0 Å². The van der Waals surface area contributed by atoms with Crippen molar-refractivity contribution in [3.63, 3.8) is 0 Å². The van der Waals surface area contributed by atoms with Gasteiger partial charge in [-0.2, -0.15) is 9.90 Å². The highest BCUT2D eigenvalue weighted by Gasteiger charge is 2.05. The van der Waals surface area contributed by atoms with E-state index in [-0.39, 0.29) is 9.90 Å². The van der Waals surface area contributed by atoms with Crippen LogP contribution in [0.15, 0.2) is 12.3 Å². The van der Waals surface area contributed by atoms with Gasteiger partial charge >= 0.3 is 0 Å². The molecule has 0 saturated carbocycles. The fraction of sp³-hybridized carbons (Fsp3) is 0.375. The second kappa shape index (κ2) is 6.00. The zero-order valence-electron chi connectivity index (χ0n) is 8.65. The van der Waals surface area contributed by atoms with Crippen LogP contribution in [0.25, 0.3) is 0 Å². The summed E-state index contributed by atoms with van der Waals surface area (Å²) in [5.74, 6) is 1.16. The highest BCUT2D eigenvalue weighted by molar-refractivity contribution is 7.51. The van der Waals surface area contributed by atoms with Gasteiger partial charge in [0.1, 0.15) is 0 Å². The molecular formula is C8H16N2O2P2. The van der Waals surface area contributed by atoms with Gasteiger partial charge in [-0.25, -0.2) is 4.98 Å². The minimum absolute atomic E-state index is 0. The minimum Gasteiger partial charge on any atom is -0.481 e. The molecule has 0 radical (unpaired) electrons. The number of nitrogens with zero attached hydrogens (tertiary/aromatic N) is 1. The first-order valence-corrected chi connectivity index (χ1v) is 5.93. The molecule has 1 aromatic heterocycles. The summed E-state index contributed by atoms with van der Waals surface area (Å²) in [6, 6.07) is 1.69. The summed E-state index contributed by atoms with van der Waals surface area (Å²) in [4.78, 5) is 3.94. The van der Waals surface area contributed by atoms with E-state index in [1.807, 2.05) is 13.3 Å². The van der Waals surface area contributed by atoms with Crippen molar-refractivity contribution in [1.29, 1.82) is 0 Å². The fourth-order valence-electron chi connectivity index (χ4n) is 0.817. The van der Waals surface area contributed by atoms with Gasteiger partial charge in [-0.15, -0.1) is 0 Å². The average molecular weight is 234 g/mol. The minimum atomic E-state index is -0.474. The van der Waals surface area contributed by atoms with Gasteiger partial charge in [-0.05, 0) is 13.3 Å². The third-order valence-corrected chi connectivity index (χ3v) is 1.92. The maximum Gasteiger partial charge on any atom is 0.216 e. The Morgan fingerprint density at radius 1 is 1.43 bits per heavy atom. The van der Waals surface area contributed by atoms with E-state index in [9.17, 15) is 0 Å². The molecule has 0 aromatic carbocycles. The largest absolute Gasteiger partial charge is 0.481 e. The van der Waals surface area contributed by atoms with Crippen LogP contribution in [0.3, 0.4) is 0 Å². The molecule has 0 aliphatic heterocycles. The number of methoxy groups -OCH3 is 1. The van der Waals surface area contributed by atoms with Gasteiger partial charge in [0.15, 0.2) is 5.75 Å². The number of nitrogen functional groups attached to an aromatic ring is 1. The molecule has 2 N–H and O–H groups in total. The molecule has 0 aliphatic rings. The van der Waals surface area contributed by atoms with Crippen LogP contribution in [0.1, 0.15) is 0 Å². The number of ether oxygens (including phenoxy) is 1. The Bertz CT molecular complexity index is 295. The topological polar surface area (TPSA) is 57.4 Å². The first-order chi connectivity index (χ1) is 6.13. The first-order valence-electron chi connectivity index (χ1n) is 3.78. The van der Waals surface area contributed by atoms with Crippen molar-refractivity contribution in [2.45, 2.75) is 0 Å². The molecule has 0 saturated heterocycles. The summed E-state index contributed by atoms with van der Waals surface area (Å²) in [5.41, 5.74) is 6.20. The predicted octanol–water partition coefficient (Wildman–Crippen LogP) is 1.77. The van der Waals surface area contributed by atoms with Gasteiger partial charge < -0.3 is 15.0 Å². The Labute approximate surface area is 88.7 Å². The van der Waals surface area contributed by atoms with Crippen molar-refractivity contribution < 1.29 is 9.26 Å². The van der Waals surface area contributed by atoms with E-state index in [0.29, 0.717) is 17.3 Å². The zero-order chi connectivity index (χ0) is 9.84. The predicted molar refractivity (Wildman–Crippen MR) is 65.7 cm³/mol. The SMILES string of the molecule is COc1cc(OP(C)C)c(N)cn1.P. The molecule has 1 rings (SSSR count). The molecular weight excluding hydrogens is 218 g/mol. The zero-order valence-corrected chi connectivity index (χ0v) is 11.0. The fourth-order valence-corrected chi connectivity index (χ4v) is 1.37. The number of rotatable bonds is 3. The lowest BCUT2D eigenvalue weighted by Crippen LogP contribution is -1.95. The van der Waals surface area contributed by atoms with Crippen LogP contribution >= 0.6 is 18.0 Å². The number of hydrogen-bond acceptors (Lipinski definition) is 4. The maximum absolute atomic E-state index is 5.66. The average Bonchev–Trinajstić information content (AvgIpc) is 2.08. The molecule has 0 amide bonds. The molecule has 80 valence electrons. The van der Waals surface area contributed by atoms with Gasteiger partial charge in [0, 0.05) is 6.07 Å². The van der Waals surface area contributed by atoms with Crippen LogP contribution in [0.5, 0.6) is 11.6 Å². The van der Waals surface area contributed by atoms with E-state index in [1.54, 1.807) is 13.2 Å². The van der Waals surface area contributed by atoms with Crippen molar-refractivity contribution in [3.8, 4) is 11.6 Å². The molecule has 1 unspecified atom stereocenters. The van der Waals surface area contributed by atoms with Crippen LogP contribution in [0.2, 0.25) is 0 Å². The van der Waals surface area contributed by atoms with Crippen molar-refractivity contribution in [3.05, 3.63) is 12.3 Å².